The third-order valence-electron chi connectivity index (χ3n) is 7.44. The second kappa shape index (κ2) is 10.5. The van der Waals surface area contributed by atoms with E-state index in [-0.39, 0.29) is 18.2 Å². The molecule has 192 valence electrons. The van der Waals surface area contributed by atoms with Crippen molar-refractivity contribution >= 4 is 5.82 Å². The number of aliphatic hydroxyl groups is 1. The Hall–Kier alpha value is -3.11. The third-order valence-corrected chi connectivity index (χ3v) is 7.44. The Bertz CT molecular complexity index is 1150. The summed E-state index contributed by atoms with van der Waals surface area (Å²) in [6, 6.07) is 8.66. The zero-order chi connectivity index (χ0) is 25.1. The van der Waals surface area contributed by atoms with Crippen molar-refractivity contribution in [1.29, 1.82) is 0 Å². The van der Waals surface area contributed by atoms with E-state index in [9.17, 15) is 13.9 Å². The molecule has 1 N–H and O–H groups in total. The van der Waals surface area contributed by atoms with Crippen LogP contribution < -0.4 is 9.64 Å². The summed E-state index contributed by atoms with van der Waals surface area (Å²) in [6.45, 7) is 4.51. The van der Waals surface area contributed by atoms with Crippen LogP contribution in [-0.2, 0) is 12.1 Å². The highest BCUT2D eigenvalue weighted by Gasteiger charge is 2.42. The maximum absolute atomic E-state index is 14.9. The number of benzene rings is 1. The molecule has 2 aromatic heterocycles. The Morgan fingerprint density at radius 2 is 1.89 bits per heavy atom. The number of halogens is 2. The highest BCUT2D eigenvalue weighted by molar-refractivity contribution is 5.41. The summed E-state index contributed by atoms with van der Waals surface area (Å²) in [6.07, 6.45) is 7.65. The number of hydrogen-bond acceptors (Lipinski definition) is 7. The minimum Gasteiger partial charge on any atom is -0.474 e. The molecule has 0 spiro atoms. The quantitative estimate of drug-likeness (QED) is 0.510. The van der Waals surface area contributed by atoms with Gasteiger partial charge in [-0.25, -0.2) is 18.4 Å². The predicted molar refractivity (Wildman–Crippen MR) is 131 cm³/mol. The van der Waals surface area contributed by atoms with Crippen molar-refractivity contribution in [3.63, 3.8) is 0 Å². The van der Waals surface area contributed by atoms with Crippen LogP contribution in [0.1, 0.15) is 38.2 Å². The van der Waals surface area contributed by atoms with Crippen LogP contribution in [0.4, 0.5) is 14.6 Å². The topological polar surface area (TPSA) is 79.5 Å². The van der Waals surface area contributed by atoms with Gasteiger partial charge in [0, 0.05) is 49.9 Å². The molecule has 0 bridgehead atoms. The van der Waals surface area contributed by atoms with Gasteiger partial charge in [-0.15, -0.1) is 0 Å². The molecule has 2 fully saturated rings. The molecule has 1 saturated heterocycles. The fourth-order valence-corrected chi connectivity index (χ4v) is 5.31. The number of anilines is 1. The van der Waals surface area contributed by atoms with Crippen LogP contribution in [0.3, 0.4) is 0 Å². The molecular formula is C26H32F2N6O2. The standard InChI is InChI=1S/C26H32F2N6O2/c1-19(26(35,16-34-18-29-17-30-34)22-10-9-20(27)15-23(22)28)32-11-13-33(14-12-32)24-7-4-8-25(31-24)36-21-5-2-3-6-21/h4,7-10,15,17-19,21,35H,2-3,5-6,11-14,16H2,1H3. The van der Waals surface area contributed by atoms with Crippen LogP contribution >= 0.6 is 0 Å². The van der Waals surface area contributed by atoms with Crippen LogP contribution in [-0.4, -0.2) is 68.1 Å². The third kappa shape index (κ3) is 5.19. The molecule has 3 heterocycles. The van der Waals surface area contributed by atoms with Crippen molar-refractivity contribution in [1.82, 2.24) is 24.6 Å². The summed E-state index contributed by atoms with van der Waals surface area (Å²) in [5.74, 6) is 0.0445. The Kier molecular flexibility index (Phi) is 7.15. The zero-order valence-corrected chi connectivity index (χ0v) is 20.4. The van der Waals surface area contributed by atoms with Crippen molar-refractivity contribution in [3.05, 3.63) is 66.3 Å². The summed E-state index contributed by atoms with van der Waals surface area (Å²) < 4.78 is 36.1. The van der Waals surface area contributed by atoms with E-state index in [1.807, 2.05) is 25.1 Å². The van der Waals surface area contributed by atoms with E-state index >= 15 is 0 Å². The monoisotopic (exact) mass is 498 g/mol. The molecule has 2 atom stereocenters. The average molecular weight is 499 g/mol. The van der Waals surface area contributed by atoms with Crippen LogP contribution in [0.5, 0.6) is 5.88 Å². The van der Waals surface area contributed by atoms with Crippen LogP contribution in [0.25, 0.3) is 0 Å². The van der Waals surface area contributed by atoms with Gasteiger partial charge >= 0.3 is 0 Å². The summed E-state index contributed by atoms with van der Waals surface area (Å²) in [4.78, 5) is 13.0. The van der Waals surface area contributed by atoms with Gasteiger partial charge in [0.05, 0.1) is 6.54 Å². The normalized spacial score (nSPS) is 19.8. The molecule has 8 nitrogen and oxygen atoms in total. The van der Waals surface area contributed by atoms with Crippen molar-refractivity contribution in [2.45, 2.75) is 56.9 Å². The van der Waals surface area contributed by atoms with E-state index in [0.29, 0.717) is 32.1 Å². The molecule has 5 rings (SSSR count). The fourth-order valence-electron chi connectivity index (χ4n) is 5.31. The lowest BCUT2D eigenvalue weighted by molar-refractivity contribution is -0.0650. The summed E-state index contributed by atoms with van der Waals surface area (Å²) in [5.41, 5.74) is -1.62. The molecule has 2 unspecified atom stereocenters. The molecule has 3 aromatic rings. The molecule has 36 heavy (non-hydrogen) atoms. The Morgan fingerprint density at radius 1 is 1.11 bits per heavy atom. The summed E-state index contributed by atoms with van der Waals surface area (Å²) in [5, 5.41) is 16.0. The number of pyridine rings is 1. The van der Waals surface area contributed by atoms with Crippen molar-refractivity contribution in [3.8, 4) is 5.88 Å². The van der Waals surface area contributed by atoms with E-state index in [1.54, 1.807) is 0 Å². The van der Waals surface area contributed by atoms with E-state index in [4.69, 9.17) is 9.72 Å². The van der Waals surface area contributed by atoms with Crippen LogP contribution in [0, 0.1) is 11.6 Å². The minimum atomic E-state index is -1.65. The van der Waals surface area contributed by atoms with E-state index in [2.05, 4.69) is 19.9 Å². The zero-order valence-electron chi connectivity index (χ0n) is 20.4. The Labute approximate surface area is 209 Å². The fraction of sp³-hybridized carbons (Fsp3) is 0.500. The lowest BCUT2D eigenvalue weighted by atomic mass is 9.85. The summed E-state index contributed by atoms with van der Waals surface area (Å²) in [7, 11) is 0. The first kappa shape index (κ1) is 24.6. The van der Waals surface area contributed by atoms with Gasteiger partial charge in [0.2, 0.25) is 5.88 Å². The number of piperazine rings is 1. The average Bonchev–Trinajstić information content (AvgIpc) is 3.58. The Balaban J connectivity index is 1.30. The highest BCUT2D eigenvalue weighted by atomic mass is 19.1. The lowest BCUT2D eigenvalue weighted by Crippen LogP contribution is -2.57. The molecule has 0 radical (unpaired) electrons. The first-order valence-corrected chi connectivity index (χ1v) is 12.6. The first-order valence-electron chi connectivity index (χ1n) is 12.6. The highest BCUT2D eigenvalue weighted by Crippen LogP contribution is 2.33. The second-order valence-electron chi connectivity index (χ2n) is 9.70. The van der Waals surface area contributed by atoms with E-state index in [1.165, 1.54) is 42.3 Å². The van der Waals surface area contributed by atoms with Gasteiger partial charge in [0.25, 0.3) is 0 Å². The van der Waals surface area contributed by atoms with Gasteiger partial charge in [-0.05, 0) is 44.7 Å². The lowest BCUT2D eigenvalue weighted by Gasteiger charge is -2.45. The maximum Gasteiger partial charge on any atom is 0.215 e. The van der Waals surface area contributed by atoms with Gasteiger partial charge in [-0.2, -0.15) is 10.1 Å². The van der Waals surface area contributed by atoms with Crippen LogP contribution in [0.15, 0.2) is 49.1 Å². The van der Waals surface area contributed by atoms with Gasteiger partial charge < -0.3 is 14.7 Å². The largest absolute Gasteiger partial charge is 0.474 e. The molecule has 10 heteroatoms. The van der Waals surface area contributed by atoms with Crippen LogP contribution in [0.2, 0.25) is 0 Å². The van der Waals surface area contributed by atoms with Gasteiger partial charge in [0.15, 0.2) is 0 Å². The summed E-state index contributed by atoms with van der Waals surface area (Å²) >= 11 is 0. The number of aromatic nitrogens is 4. The van der Waals surface area contributed by atoms with E-state index in [0.717, 1.165) is 24.7 Å². The molecule has 2 aliphatic rings. The first-order chi connectivity index (χ1) is 17.4. The van der Waals surface area contributed by atoms with Gasteiger partial charge in [-0.1, -0.05) is 12.1 Å². The Morgan fingerprint density at radius 3 is 2.58 bits per heavy atom. The van der Waals surface area contributed by atoms with Crippen molar-refractivity contribution < 1.29 is 18.6 Å². The molecular weight excluding hydrogens is 466 g/mol. The SMILES string of the molecule is CC(N1CCN(c2cccc(OC3CCCC3)n2)CC1)C(O)(Cn1cncn1)c1ccc(F)cc1F. The molecule has 1 saturated carbocycles. The minimum absolute atomic E-state index is 0.0148. The van der Waals surface area contributed by atoms with Gasteiger partial charge in [-0.3, -0.25) is 4.90 Å². The molecule has 1 aliphatic heterocycles. The molecule has 1 aromatic carbocycles. The number of ether oxygens (including phenoxy) is 1. The van der Waals surface area contributed by atoms with E-state index < -0.39 is 23.3 Å². The number of rotatable bonds is 8. The maximum atomic E-state index is 14.9. The number of nitrogens with zero attached hydrogens (tertiary/aromatic N) is 6. The van der Waals surface area contributed by atoms with Crippen molar-refractivity contribution in [2.24, 2.45) is 0 Å². The second-order valence-corrected chi connectivity index (χ2v) is 9.70. The molecule has 1 aliphatic carbocycles. The van der Waals surface area contributed by atoms with Crippen molar-refractivity contribution in [2.75, 3.05) is 31.1 Å². The predicted octanol–water partition coefficient (Wildman–Crippen LogP) is 3.37. The molecule has 0 amide bonds. The van der Waals surface area contributed by atoms with Gasteiger partial charge in [0.1, 0.15) is 41.8 Å². The smallest absolute Gasteiger partial charge is 0.215 e. The number of hydrogen-bond donors (Lipinski definition) is 1.